The van der Waals surface area contributed by atoms with Gasteiger partial charge in [0.25, 0.3) is 5.91 Å². The van der Waals surface area contributed by atoms with Gasteiger partial charge in [0.1, 0.15) is 5.69 Å². The monoisotopic (exact) mass is 265 g/mol. The number of hydrogen-bond acceptors (Lipinski definition) is 2. The number of nitrogen functional groups attached to an aromatic ring is 1. The number of unbranched alkanes of at least 4 members (excludes halogenated alkanes) is 1. The van der Waals surface area contributed by atoms with Gasteiger partial charge in [0.15, 0.2) is 0 Å². The van der Waals surface area contributed by atoms with Crippen LogP contribution in [-0.4, -0.2) is 17.0 Å². The van der Waals surface area contributed by atoms with Gasteiger partial charge in [0.2, 0.25) is 0 Å². The quantitative estimate of drug-likeness (QED) is 0.744. The average Bonchev–Trinajstić information content (AvgIpc) is 2.70. The highest BCUT2D eigenvalue weighted by Crippen LogP contribution is 2.16. The second kappa shape index (κ2) is 7.22. The minimum Gasteiger partial charge on any atom is -0.397 e. The van der Waals surface area contributed by atoms with E-state index in [4.69, 9.17) is 5.73 Å². The first-order chi connectivity index (χ1) is 8.91. The van der Waals surface area contributed by atoms with Gasteiger partial charge < -0.3 is 15.6 Å². The van der Waals surface area contributed by atoms with Crippen molar-refractivity contribution in [1.29, 1.82) is 0 Å². The van der Waals surface area contributed by atoms with Gasteiger partial charge in [-0.2, -0.15) is 0 Å². The first kappa shape index (κ1) is 15.6. The Kier molecular flexibility index (Phi) is 5.93. The van der Waals surface area contributed by atoms with E-state index in [0.29, 0.717) is 11.4 Å². The van der Waals surface area contributed by atoms with Crippen LogP contribution in [0.25, 0.3) is 0 Å². The molecule has 1 heterocycles. The summed E-state index contributed by atoms with van der Waals surface area (Å²) in [5.74, 6) is 0.698. The van der Waals surface area contributed by atoms with Crippen LogP contribution in [-0.2, 0) is 0 Å². The first-order valence-corrected chi connectivity index (χ1v) is 7.17. The van der Waals surface area contributed by atoms with E-state index in [1.54, 1.807) is 6.07 Å². The molecule has 0 atom stereocenters. The molecule has 4 nitrogen and oxygen atoms in total. The molecule has 1 aromatic heterocycles. The van der Waals surface area contributed by atoms with E-state index >= 15 is 0 Å². The normalized spacial score (nSPS) is 11.3. The van der Waals surface area contributed by atoms with Crippen molar-refractivity contribution in [2.75, 3.05) is 12.3 Å². The van der Waals surface area contributed by atoms with E-state index in [1.165, 1.54) is 6.42 Å². The fraction of sp³-hybridized carbons (Fsp3) is 0.667. The summed E-state index contributed by atoms with van der Waals surface area (Å²) in [6.45, 7) is 9.25. The topological polar surface area (TPSA) is 60.1 Å². The Balaban J connectivity index is 2.45. The number of rotatable bonds is 7. The van der Waals surface area contributed by atoms with Crippen LogP contribution in [0.3, 0.4) is 0 Å². The molecule has 0 aliphatic carbocycles. The zero-order valence-electron chi connectivity index (χ0n) is 12.6. The number of carbonyl (C=O) groups is 1. The number of nitrogens with two attached hydrogens (primary N) is 1. The Hall–Kier alpha value is -1.45. The van der Waals surface area contributed by atoms with Gasteiger partial charge in [-0.25, -0.2) is 0 Å². The van der Waals surface area contributed by atoms with Crippen molar-refractivity contribution in [1.82, 2.24) is 9.88 Å². The standard InChI is InChI=1S/C15H27N3O/c1-11(2)7-5-6-8-17-15(19)14-9-13(16)10-18(14)12(3)4/h9-12H,5-8,16H2,1-4H3,(H,17,19). The Labute approximate surface area is 116 Å². The average molecular weight is 265 g/mol. The second-order valence-corrected chi connectivity index (χ2v) is 5.81. The van der Waals surface area contributed by atoms with Crippen molar-refractivity contribution in [2.24, 2.45) is 5.92 Å². The van der Waals surface area contributed by atoms with Crippen molar-refractivity contribution in [3.63, 3.8) is 0 Å². The second-order valence-electron chi connectivity index (χ2n) is 5.81. The van der Waals surface area contributed by atoms with Crippen LogP contribution in [0.15, 0.2) is 12.3 Å². The van der Waals surface area contributed by atoms with Crippen LogP contribution in [0, 0.1) is 5.92 Å². The van der Waals surface area contributed by atoms with Gasteiger partial charge in [0.05, 0.1) is 5.69 Å². The summed E-state index contributed by atoms with van der Waals surface area (Å²) in [6.07, 6.45) is 5.22. The Morgan fingerprint density at radius 3 is 2.58 bits per heavy atom. The lowest BCUT2D eigenvalue weighted by molar-refractivity contribution is 0.0942. The molecule has 1 amide bonds. The molecule has 0 spiro atoms. The largest absolute Gasteiger partial charge is 0.397 e. The van der Waals surface area contributed by atoms with Crippen LogP contribution in [0.2, 0.25) is 0 Å². The Morgan fingerprint density at radius 2 is 2.00 bits per heavy atom. The highest BCUT2D eigenvalue weighted by atomic mass is 16.1. The van der Waals surface area contributed by atoms with E-state index in [0.717, 1.165) is 25.3 Å². The summed E-state index contributed by atoms with van der Waals surface area (Å²) in [6, 6.07) is 1.97. The molecule has 0 aliphatic heterocycles. The molecule has 0 aromatic carbocycles. The molecule has 3 N–H and O–H groups in total. The number of amides is 1. The molecule has 0 aliphatic rings. The molecule has 0 unspecified atom stereocenters. The molecule has 0 radical (unpaired) electrons. The lowest BCUT2D eigenvalue weighted by atomic mass is 10.1. The summed E-state index contributed by atoms with van der Waals surface area (Å²) >= 11 is 0. The van der Waals surface area contributed by atoms with E-state index in [9.17, 15) is 4.79 Å². The van der Waals surface area contributed by atoms with Crippen LogP contribution in [0.1, 0.15) is 63.5 Å². The van der Waals surface area contributed by atoms with Gasteiger partial charge in [-0.3, -0.25) is 4.79 Å². The molecular formula is C15H27N3O. The number of carbonyl (C=O) groups excluding carboxylic acids is 1. The summed E-state index contributed by atoms with van der Waals surface area (Å²) in [4.78, 5) is 12.1. The van der Waals surface area contributed by atoms with Crippen molar-refractivity contribution in [2.45, 2.75) is 53.0 Å². The smallest absolute Gasteiger partial charge is 0.267 e. The summed E-state index contributed by atoms with van der Waals surface area (Å²) in [5.41, 5.74) is 7.05. The number of aromatic nitrogens is 1. The van der Waals surface area contributed by atoms with E-state index in [2.05, 4.69) is 19.2 Å². The van der Waals surface area contributed by atoms with Crippen molar-refractivity contribution < 1.29 is 4.79 Å². The third-order valence-electron chi connectivity index (χ3n) is 3.15. The van der Waals surface area contributed by atoms with E-state index in [-0.39, 0.29) is 11.9 Å². The minimum atomic E-state index is -0.0325. The summed E-state index contributed by atoms with van der Waals surface area (Å²) < 4.78 is 1.92. The third kappa shape index (κ3) is 4.97. The molecule has 0 fully saturated rings. The molecule has 0 bridgehead atoms. The molecule has 108 valence electrons. The highest BCUT2D eigenvalue weighted by molar-refractivity contribution is 5.93. The number of nitrogens with zero attached hydrogens (tertiary/aromatic N) is 1. The maximum absolute atomic E-state index is 12.1. The Bertz CT molecular complexity index is 408. The maximum atomic E-state index is 12.1. The van der Waals surface area contributed by atoms with Gasteiger partial charge in [0, 0.05) is 18.8 Å². The van der Waals surface area contributed by atoms with E-state index in [1.807, 2.05) is 24.6 Å². The molecule has 1 aromatic rings. The molecule has 19 heavy (non-hydrogen) atoms. The van der Waals surface area contributed by atoms with Crippen LogP contribution in [0.5, 0.6) is 0 Å². The summed E-state index contributed by atoms with van der Waals surface area (Å²) in [7, 11) is 0. The zero-order valence-corrected chi connectivity index (χ0v) is 12.6. The predicted molar refractivity (Wildman–Crippen MR) is 80.3 cm³/mol. The number of hydrogen-bond donors (Lipinski definition) is 2. The maximum Gasteiger partial charge on any atom is 0.267 e. The first-order valence-electron chi connectivity index (χ1n) is 7.17. The highest BCUT2D eigenvalue weighted by Gasteiger charge is 2.14. The Morgan fingerprint density at radius 1 is 1.32 bits per heavy atom. The SMILES string of the molecule is CC(C)CCCCNC(=O)c1cc(N)cn1C(C)C. The van der Waals surface area contributed by atoms with Gasteiger partial charge in [-0.1, -0.05) is 26.7 Å². The molecule has 4 heteroatoms. The molecule has 0 saturated heterocycles. The number of anilines is 1. The van der Waals surface area contributed by atoms with Gasteiger partial charge in [-0.15, -0.1) is 0 Å². The molecular weight excluding hydrogens is 238 g/mol. The fourth-order valence-corrected chi connectivity index (χ4v) is 2.08. The van der Waals surface area contributed by atoms with Crippen LogP contribution < -0.4 is 11.1 Å². The zero-order chi connectivity index (χ0) is 14.4. The fourth-order valence-electron chi connectivity index (χ4n) is 2.08. The van der Waals surface area contributed by atoms with Crippen LogP contribution in [0.4, 0.5) is 5.69 Å². The van der Waals surface area contributed by atoms with E-state index < -0.39 is 0 Å². The summed E-state index contributed by atoms with van der Waals surface area (Å²) in [5, 5.41) is 2.97. The third-order valence-corrected chi connectivity index (χ3v) is 3.15. The lowest BCUT2D eigenvalue weighted by Gasteiger charge is -2.12. The molecule has 1 rings (SSSR count). The lowest BCUT2D eigenvalue weighted by Crippen LogP contribution is -2.27. The van der Waals surface area contributed by atoms with Gasteiger partial charge in [-0.05, 0) is 32.3 Å². The molecule has 0 saturated carbocycles. The van der Waals surface area contributed by atoms with Crippen molar-refractivity contribution in [3.05, 3.63) is 18.0 Å². The van der Waals surface area contributed by atoms with Gasteiger partial charge >= 0.3 is 0 Å². The van der Waals surface area contributed by atoms with Crippen molar-refractivity contribution in [3.8, 4) is 0 Å². The number of nitrogens with one attached hydrogen (secondary N) is 1. The van der Waals surface area contributed by atoms with Crippen LogP contribution >= 0.6 is 0 Å². The van der Waals surface area contributed by atoms with Crippen molar-refractivity contribution >= 4 is 11.6 Å². The minimum absolute atomic E-state index is 0.0325. The predicted octanol–water partition coefficient (Wildman–Crippen LogP) is 3.21.